The lowest BCUT2D eigenvalue weighted by atomic mass is 10.1. The van der Waals surface area contributed by atoms with Gasteiger partial charge >= 0.3 is 0 Å². The van der Waals surface area contributed by atoms with Gasteiger partial charge in [0.25, 0.3) is 0 Å². The number of rotatable bonds is 4. The van der Waals surface area contributed by atoms with E-state index in [2.05, 4.69) is 10.5 Å². The molecule has 0 saturated carbocycles. The van der Waals surface area contributed by atoms with Gasteiger partial charge in [-0.2, -0.15) is 0 Å². The van der Waals surface area contributed by atoms with Crippen LogP contribution in [-0.4, -0.2) is 23.5 Å². The summed E-state index contributed by atoms with van der Waals surface area (Å²) >= 11 is 0. The monoisotopic (exact) mass is 317 g/mol. The molecule has 1 aromatic heterocycles. The summed E-state index contributed by atoms with van der Waals surface area (Å²) in [5.41, 5.74) is 0.799. The quantitative estimate of drug-likeness (QED) is 0.933. The first-order valence-corrected chi connectivity index (χ1v) is 7.29. The minimum atomic E-state index is -0.431. The Kier molecular flexibility index (Phi) is 4.10. The van der Waals surface area contributed by atoms with E-state index in [1.165, 1.54) is 17.0 Å². The molecule has 7 heteroatoms. The second kappa shape index (κ2) is 6.20. The fourth-order valence-corrected chi connectivity index (χ4v) is 2.52. The number of amides is 2. The van der Waals surface area contributed by atoms with Crippen molar-refractivity contribution in [1.82, 2.24) is 10.5 Å². The molecule has 6 nitrogen and oxygen atoms in total. The van der Waals surface area contributed by atoms with Crippen LogP contribution < -0.4 is 10.2 Å². The smallest absolute Gasteiger partial charge is 0.229 e. The molecular formula is C16H16FN3O3. The lowest BCUT2D eigenvalue weighted by Crippen LogP contribution is -2.32. The molecule has 1 unspecified atom stereocenters. The first-order valence-electron chi connectivity index (χ1n) is 7.29. The minimum absolute atomic E-state index is 0.140. The standard InChI is InChI=1S/C16H16FN3O3/c1-10-6-14(19-23-10)20-9-12(7-15(20)21)16(22)18-8-11-2-4-13(17)5-3-11/h2-6,12H,7-9H2,1H3,(H,18,22). The van der Waals surface area contributed by atoms with Crippen molar-refractivity contribution in [3.8, 4) is 0 Å². The molecule has 1 N–H and O–H groups in total. The van der Waals surface area contributed by atoms with Gasteiger partial charge in [0.2, 0.25) is 11.8 Å². The Balaban J connectivity index is 1.58. The summed E-state index contributed by atoms with van der Waals surface area (Å²) < 4.78 is 17.8. The molecule has 1 fully saturated rings. The average molecular weight is 317 g/mol. The molecule has 1 aliphatic heterocycles. The van der Waals surface area contributed by atoms with Crippen molar-refractivity contribution >= 4 is 17.6 Å². The van der Waals surface area contributed by atoms with Gasteiger partial charge in [-0.1, -0.05) is 17.3 Å². The summed E-state index contributed by atoms with van der Waals surface area (Å²) in [4.78, 5) is 25.7. The fourth-order valence-electron chi connectivity index (χ4n) is 2.52. The van der Waals surface area contributed by atoms with Crippen molar-refractivity contribution in [3.63, 3.8) is 0 Å². The van der Waals surface area contributed by atoms with E-state index in [9.17, 15) is 14.0 Å². The lowest BCUT2D eigenvalue weighted by molar-refractivity contribution is -0.126. The highest BCUT2D eigenvalue weighted by molar-refractivity contribution is 5.99. The Hall–Kier alpha value is -2.70. The molecular weight excluding hydrogens is 301 g/mol. The molecule has 2 heterocycles. The molecule has 2 aromatic rings. The maximum Gasteiger partial charge on any atom is 0.229 e. The summed E-state index contributed by atoms with van der Waals surface area (Å²) in [5, 5.41) is 6.58. The van der Waals surface area contributed by atoms with Crippen molar-refractivity contribution in [2.75, 3.05) is 11.4 Å². The molecule has 1 atom stereocenters. The van der Waals surface area contributed by atoms with E-state index in [-0.39, 0.29) is 30.6 Å². The maximum atomic E-state index is 12.8. The number of aryl methyl sites for hydroxylation is 1. The summed E-state index contributed by atoms with van der Waals surface area (Å²) in [7, 11) is 0. The highest BCUT2D eigenvalue weighted by atomic mass is 19.1. The van der Waals surface area contributed by atoms with E-state index < -0.39 is 5.92 Å². The van der Waals surface area contributed by atoms with Crippen molar-refractivity contribution < 1.29 is 18.5 Å². The second-order valence-corrected chi connectivity index (χ2v) is 5.55. The molecule has 2 amide bonds. The number of carbonyl (C=O) groups is 2. The Morgan fingerprint density at radius 2 is 2.17 bits per heavy atom. The molecule has 0 spiro atoms. The van der Waals surface area contributed by atoms with Crippen LogP contribution in [-0.2, 0) is 16.1 Å². The van der Waals surface area contributed by atoms with E-state index in [1.807, 2.05) is 0 Å². The lowest BCUT2D eigenvalue weighted by Gasteiger charge is -2.13. The van der Waals surface area contributed by atoms with Crippen LogP contribution in [0.4, 0.5) is 10.2 Å². The number of nitrogens with one attached hydrogen (secondary N) is 1. The molecule has 3 rings (SSSR count). The molecule has 0 bridgehead atoms. The maximum absolute atomic E-state index is 12.8. The predicted molar refractivity (Wildman–Crippen MR) is 79.9 cm³/mol. The Labute approximate surface area is 132 Å². The van der Waals surface area contributed by atoms with Gasteiger partial charge in [0, 0.05) is 25.6 Å². The van der Waals surface area contributed by atoms with Crippen LogP contribution in [0.25, 0.3) is 0 Å². The number of aromatic nitrogens is 1. The van der Waals surface area contributed by atoms with Gasteiger partial charge in [-0.25, -0.2) is 4.39 Å². The average Bonchev–Trinajstić information content (AvgIpc) is 3.12. The first-order chi connectivity index (χ1) is 11.0. The zero-order valence-corrected chi connectivity index (χ0v) is 12.6. The third-order valence-corrected chi connectivity index (χ3v) is 3.77. The summed E-state index contributed by atoms with van der Waals surface area (Å²) in [6.45, 7) is 2.32. The predicted octanol–water partition coefficient (Wildman–Crippen LogP) is 1.79. The van der Waals surface area contributed by atoms with Gasteiger partial charge in [0.1, 0.15) is 11.6 Å². The van der Waals surface area contributed by atoms with Crippen LogP contribution in [0.1, 0.15) is 17.7 Å². The number of hydrogen-bond donors (Lipinski definition) is 1. The van der Waals surface area contributed by atoms with Crippen molar-refractivity contribution in [2.24, 2.45) is 5.92 Å². The number of halogens is 1. The SMILES string of the molecule is Cc1cc(N2CC(C(=O)NCc3ccc(F)cc3)CC2=O)no1. The zero-order valence-electron chi connectivity index (χ0n) is 12.6. The minimum Gasteiger partial charge on any atom is -0.360 e. The molecule has 1 aliphatic rings. The van der Waals surface area contributed by atoms with Gasteiger partial charge in [0.15, 0.2) is 5.82 Å². The van der Waals surface area contributed by atoms with Crippen molar-refractivity contribution in [3.05, 3.63) is 47.5 Å². The first kappa shape index (κ1) is 15.2. The Bertz CT molecular complexity index is 726. The van der Waals surface area contributed by atoms with Crippen LogP contribution in [0.3, 0.4) is 0 Å². The summed E-state index contributed by atoms with van der Waals surface area (Å²) in [5.74, 6) is -0.0658. The molecule has 1 saturated heterocycles. The summed E-state index contributed by atoms with van der Waals surface area (Å²) in [6.07, 6.45) is 0.140. The van der Waals surface area contributed by atoms with E-state index in [1.54, 1.807) is 25.1 Å². The molecule has 0 radical (unpaired) electrons. The van der Waals surface area contributed by atoms with Crippen molar-refractivity contribution in [2.45, 2.75) is 19.9 Å². The highest BCUT2D eigenvalue weighted by Gasteiger charge is 2.36. The van der Waals surface area contributed by atoms with Gasteiger partial charge in [-0.3, -0.25) is 14.5 Å². The molecule has 120 valence electrons. The molecule has 1 aromatic carbocycles. The highest BCUT2D eigenvalue weighted by Crippen LogP contribution is 2.24. The van der Waals surface area contributed by atoms with E-state index >= 15 is 0 Å². The van der Waals surface area contributed by atoms with Crippen LogP contribution in [0.2, 0.25) is 0 Å². The van der Waals surface area contributed by atoms with E-state index in [0.717, 1.165) is 5.56 Å². The number of anilines is 1. The third-order valence-electron chi connectivity index (χ3n) is 3.77. The zero-order chi connectivity index (χ0) is 16.4. The van der Waals surface area contributed by atoms with Gasteiger partial charge < -0.3 is 9.84 Å². The third kappa shape index (κ3) is 3.39. The van der Waals surface area contributed by atoms with Crippen LogP contribution in [0, 0.1) is 18.7 Å². The van der Waals surface area contributed by atoms with E-state index in [0.29, 0.717) is 18.1 Å². The number of hydrogen-bond acceptors (Lipinski definition) is 4. The van der Waals surface area contributed by atoms with Gasteiger partial charge in [0.05, 0.1) is 5.92 Å². The Morgan fingerprint density at radius 1 is 1.43 bits per heavy atom. The number of nitrogens with zero attached hydrogens (tertiary/aromatic N) is 2. The van der Waals surface area contributed by atoms with Gasteiger partial charge in [-0.05, 0) is 24.6 Å². The van der Waals surface area contributed by atoms with Crippen LogP contribution in [0.15, 0.2) is 34.9 Å². The molecule has 0 aliphatic carbocycles. The second-order valence-electron chi connectivity index (χ2n) is 5.55. The summed E-state index contributed by atoms with van der Waals surface area (Å²) in [6, 6.07) is 7.57. The van der Waals surface area contributed by atoms with Crippen LogP contribution in [0.5, 0.6) is 0 Å². The fraction of sp³-hybridized carbons (Fsp3) is 0.312. The van der Waals surface area contributed by atoms with Crippen LogP contribution >= 0.6 is 0 Å². The number of carbonyl (C=O) groups excluding carboxylic acids is 2. The molecule has 23 heavy (non-hydrogen) atoms. The van der Waals surface area contributed by atoms with E-state index in [4.69, 9.17) is 4.52 Å². The number of benzene rings is 1. The topological polar surface area (TPSA) is 75.4 Å². The van der Waals surface area contributed by atoms with Crippen molar-refractivity contribution in [1.29, 1.82) is 0 Å². The Morgan fingerprint density at radius 3 is 2.83 bits per heavy atom. The largest absolute Gasteiger partial charge is 0.360 e. The normalized spacial score (nSPS) is 17.6. The van der Waals surface area contributed by atoms with Gasteiger partial charge in [-0.15, -0.1) is 0 Å².